The molecule has 1 aliphatic heterocycles. The number of nitrogens with one attached hydrogen (secondary N) is 2. The molecule has 2 heterocycles. The summed E-state index contributed by atoms with van der Waals surface area (Å²) in [5, 5.41) is 10.6. The van der Waals surface area contributed by atoms with E-state index in [2.05, 4.69) is 15.5 Å². The number of fused-ring (bicyclic) bond motifs is 1. The van der Waals surface area contributed by atoms with Gasteiger partial charge in [0.2, 0.25) is 11.8 Å². The first-order valence-electron chi connectivity index (χ1n) is 8.73. The fraction of sp³-hybridized carbons (Fsp3) is 0.200. The van der Waals surface area contributed by atoms with Crippen LogP contribution in [-0.4, -0.2) is 28.6 Å². The third kappa shape index (κ3) is 3.31. The van der Waals surface area contributed by atoms with Crippen LogP contribution in [0, 0.1) is 5.92 Å². The SMILES string of the molecule is O=C(NCc1n[nH]c(=O)c2ccccc12)[C@H]1CC(=O)N(c2ccccc2)C1. The van der Waals surface area contributed by atoms with Crippen molar-refractivity contribution in [3.8, 4) is 0 Å². The van der Waals surface area contributed by atoms with Crippen molar-refractivity contribution in [3.63, 3.8) is 0 Å². The zero-order valence-electron chi connectivity index (χ0n) is 14.5. The largest absolute Gasteiger partial charge is 0.350 e. The molecule has 3 aromatic rings. The Labute approximate surface area is 155 Å². The van der Waals surface area contributed by atoms with Crippen molar-refractivity contribution in [1.29, 1.82) is 0 Å². The normalized spacial score (nSPS) is 16.7. The Morgan fingerprint density at radius 2 is 1.78 bits per heavy atom. The average molecular weight is 362 g/mol. The second-order valence-corrected chi connectivity index (χ2v) is 6.50. The van der Waals surface area contributed by atoms with Crippen LogP contribution in [0.4, 0.5) is 5.69 Å². The van der Waals surface area contributed by atoms with E-state index in [0.717, 1.165) is 5.69 Å². The molecule has 0 bridgehead atoms. The van der Waals surface area contributed by atoms with Crippen molar-refractivity contribution < 1.29 is 9.59 Å². The van der Waals surface area contributed by atoms with E-state index in [0.29, 0.717) is 23.0 Å². The van der Waals surface area contributed by atoms with Crippen molar-refractivity contribution >= 4 is 28.3 Å². The molecule has 0 saturated carbocycles. The highest BCUT2D eigenvalue weighted by Crippen LogP contribution is 2.25. The van der Waals surface area contributed by atoms with E-state index in [1.165, 1.54) is 0 Å². The number of H-pyrrole nitrogens is 1. The lowest BCUT2D eigenvalue weighted by molar-refractivity contribution is -0.126. The monoisotopic (exact) mass is 362 g/mol. The van der Waals surface area contributed by atoms with Gasteiger partial charge in [-0.05, 0) is 18.2 Å². The molecular formula is C20H18N4O3. The van der Waals surface area contributed by atoms with Crippen molar-refractivity contribution in [3.05, 3.63) is 70.6 Å². The summed E-state index contributed by atoms with van der Waals surface area (Å²) in [5.74, 6) is -0.667. The van der Waals surface area contributed by atoms with Gasteiger partial charge in [-0.25, -0.2) is 5.10 Å². The van der Waals surface area contributed by atoms with Crippen LogP contribution in [0.15, 0.2) is 59.4 Å². The average Bonchev–Trinajstić information content (AvgIpc) is 3.10. The first kappa shape index (κ1) is 17.0. The molecule has 1 aliphatic rings. The maximum Gasteiger partial charge on any atom is 0.272 e. The Hall–Kier alpha value is -3.48. The van der Waals surface area contributed by atoms with Gasteiger partial charge in [-0.3, -0.25) is 14.4 Å². The molecule has 2 aromatic carbocycles. The fourth-order valence-corrected chi connectivity index (χ4v) is 3.36. The van der Waals surface area contributed by atoms with Gasteiger partial charge in [0, 0.05) is 24.0 Å². The van der Waals surface area contributed by atoms with Crippen molar-refractivity contribution in [2.75, 3.05) is 11.4 Å². The van der Waals surface area contributed by atoms with Crippen LogP contribution < -0.4 is 15.8 Å². The number of para-hydroxylation sites is 1. The zero-order valence-corrected chi connectivity index (χ0v) is 14.5. The van der Waals surface area contributed by atoms with Crippen LogP contribution in [0.2, 0.25) is 0 Å². The molecule has 1 saturated heterocycles. The lowest BCUT2D eigenvalue weighted by atomic mass is 10.1. The number of anilines is 1. The van der Waals surface area contributed by atoms with E-state index in [9.17, 15) is 14.4 Å². The van der Waals surface area contributed by atoms with Gasteiger partial charge in [-0.2, -0.15) is 5.10 Å². The van der Waals surface area contributed by atoms with E-state index < -0.39 is 5.92 Å². The van der Waals surface area contributed by atoms with Gasteiger partial charge in [-0.1, -0.05) is 36.4 Å². The molecule has 0 spiro atoms. The molecule has 4 rings (SSSR count). The Bertz CT molecular complexity index is 1060. The van der Waals surface area contributed by atoms with Crippen molar-refractivity contribution in [1.82, 2.24) is 15.5 Å². The number of aromatic nitrogens is 2. The third-order valence-electron chi connectivity index (χ3n) is 4.77. The van der Waals surface area contributed by atoms with Crippen LogP contribution in [0.5, 0.6) is 0 Å². The number of hydrogen-bond donors (Lipinski definition) is 2. The van der Waals surface area contributed by atoms with Gasteiger partial charge in [0.25, 0.3) is 5.56 Å². The predicted octanol–water partition coefficient (Wildman–Crippen LogP) is 1.59. The minimum absolute atomic E-state index is 0.0611. The summed E-state index contributed by atoms with van der Waals surface area (Å²) in [5.41, 5.74) is 1.12. The Kier molecular flexibility index (Phi) is 4.42. The molecule has 1 aromatic heterocycles. The predicted molar refractivity (Wildman–Crippen MR) is 101 cm³/mol. The van der Waals surface area contributed by atoms with Gasteiger partial charge < -0.3 is 10.2 Å². The summed E-state index contributed by atoms with van der Waals surface area (Å²) in [7, 11) is 0. The van der Waals surface area contributed by atoms with Crippen LogP contribution in [0.3, 0.4) is 0 Å². The van der Waals surface area contributed by atoms with E-state index in [1.54, 1.807) is 23.1 Å². The van der Waals surface area contributed by atoms with E-state index in [-0.39, 0.29) is 30.3 Å². The highest BCUT2D eigenvalue weighted by molar-refractivity contribution is 6.00. The molecule has 7 heteroatoms. The maximum absolute atomic E-state index is 12.6. The van der Waals surface area contributed by atoms with Crippen molar-refractivity contribution in [2.45, 2.75) is 13.0 Å². The molecule has 1 fully saturated rings. The summed E-state index contributed by atoms with van der Waals surface area (Å²) < 4.78 is 0. The summed E-state index contributed by atoms with van der Waals surface area (Å²) in [6.07, 6.45) is 0.181. The number of benzene rings is 2. The maximum atomic E-state index is 12.6. The Balaban J connectivity index is 1.46. The van der Waals surface area contributed by atoms with Crippen LogP contribution >= 0.6 is 0 Å². The second-order valence-electron chi connectivity index (χ2n) is 6.50. The highest BCUT2D eigenvalue weighted by Gasteiger charge is 2.34. The van der Waals surface area contributed by atoms with Crippen LogP contribution in [-0.2, 0) is 16.1 Å². The van der Waals surface area contributed by atoms with Gasteiger partial charge in [-0.15, -0.1) is 0 Å². The van der Waals surface area contributed by atoms with Crippen LogP contribution in [0.1, 0.15) is 12.1 Å². The summed E-state index contributed by atoms with van der Waals surface area (Å²) in [4.78, 5) is 38.3. The standard InChI is InChI=1S/C20H18N4O3/c25-18-10-13(12-24(18)14-6-2-1-3-7-14)19(26)21-11-17-15-8-4-5-9-16(15)20(27)23-22-17/h1-9,13H,10-12H2,(H,21,26)(H,23,27)/t13-/m0/s1. The highest BCUT2D eigenvalue weighted by atomic mass is 16.2. The number of carbonyl (C=O) groups excluding carboxylic acids is 2. The molecule has 0 unspecified atom stereocenters. The smallest absolute Gasteiger partial charge is 0.272 e. The fourth-order valence-electron chi connectivity index (χ4n) is 3.36. The third-order valence-corrected chi connectivity index (χ3v) is 4.77. The zero-order chi connectivity index (χ0) is 18.8. The first-order valence-corrected chi connectivity index (χ1v) is 8.73. The van der Waals surface area contributed by atoms with Gasteiger partial charge in [0.05, 0.1) is 23.5 Å². The Morgan fingerprint density at radius 3 is 2.56 bits per heavy atom. The summed E-state index contributed by atoms with van der Waals surface area (Å²) in [6, 6.07) is 16.4. The summed E-state index contributed by atoms with van der Waals surface area (Å²) in [6.45, 7) is 0.542. The van der Waals surface area contributed by atoms with E-state index in [1.807, 2.05) is 36.4 Å². The lowest BCUT2D eigenvalue weighted by Gasteiger charge is -2.16. The molecule has 0 radical (unpaired) electrons. The molecule has 1 atom stereocenters. The molecule has 2 amide bonds. The minimum Gasteiger partial charge on any atom is -0.350 e. The molecule has 0 aliphatic carbocycles. The van der Waals surface area contributed by atoms with Crippen LogP contribution in [0.25, 0.3) is 10.8 Å². The molecule has 136 valence electrons. The summed E-state index contributed by atoms with van der Waals surface area (Å²) >= 11 is 0. The molecule has 27 heavy (non-hydrogen) atoms. The van der Waals surface area contributed by atoms with Crippen molar-refractivity contribution in [2.24, 2.45) is 5.92 Å². The minimum atomic E-state index is -0.410. The number of hydrogen-bond acceptors (Lipinski definition) is 4. The second kappa shape index (κ2) is 7.03. The lowest BCUT2D eigenvalue weighted by Crippen LogP contribution is -2.33. The molecule has 2 N–H and O–H groups in total. The topological polar surface area (TPSA) is 95.2 Å². The van der Waals surface area contributed by atoms with Gasteiger partial charge in [0.15, 0.2) is 0 Å². The molecule has 7 nitrogen and oxygen atoms in total. The number of aromatic amines is 1. The number of rotatable bonds is 4. The Morgan fingerprint density at radius 1 is 1.07 bits per heavy atom. The van der Waals surface area contributed by atoms with E-state index in [4.69, 9.17) is 0 Å². The molecular weight excluding hydrogens is 344 g/mol. The van der Waals surface area contributed by atoms with Gasteiger partial charge >= 0.3 is 0 Å². The number of nitrogens with zero attached hydrogens (tertiary/aromatic N) is 2. The number of amides is 2. The first-order chi connectivity index (χ1) is 13.1. The van der Waals surface area contributed by atoms with Gasteiger partial charge in [0.1, 0.15) is 0 Å². The van der Waals surface area contributed by atoms with E-state index >= 15 is 0 Å². The number of carbonyl (C=O) groups is 2. The quantitative estimate of drug-likeness (QED) is 0.737.